The molecule has 2 rings (SSSR count). The van der Waals surface area contributed by atoms with Crippen molar-refractivity contribution in [3.63, 3.8) is 0 Å². The molecule has 0 radical (unpaired) electrons. The molecule has 2 aromatic rings. The lowest BCUT2D eigenvalue weighted by Crippen LogP contribution is -2.23. The van der Waals surface area contributed by atoms with Crippen molar-refractivity contribution in [1.82, 2.24) is 5.32 Å². The van der Waals surface area contributed by atoms with E-state index < -0.39 is 0 Å². The van der Waals surface area contributed by atoms with Crippen molar-refractivity contribution in [1.29, 1.82) is 0 Å². The van der Waals surface area contributed by atoms with E-state index in [9.17, 15) is 9.90 Å². The Bertz CT molecular complexity index is 626. The van der Waals surface area contributed by atoms with Gasteiger partial charge >= 0.3 is 0 Å². The molecule has 4 N–H and O–H groups in total. The molecule has 0 saturated carbocycles. The Morgan fingerprint density at radius 3 is 2.75 bits per heavy atom. The molecule has 0 atom stereocenters. The zero-order valence-corrected chi connectivity index (χ0v) is 11.1. The maximum Gasteiger partial charge on any atom is 0.255 e. The Morgan fingerprint density at radius 1 is 1.25 bits per heavy atom. The quantitative estimate of drug-likeness (QED) is 0.586. The number of nitrogen functional groups attached to an aromatic ring is 1. The Kier molecular flexibility index (Phi) is 4.10. The number of methoxy groups -OCH3 is 1. The zero-order chi connectivity index (χ0) is 14.5. The van der Waals surface area contributed by atoms with Gasteiger partial charge in [-0.3, -0.25) is 4.79 Å². The molecule has 20 heavy (non-hydrogen) atoms. The van der Waals surface area contributed by atoms with E-state index in [1.807, 2.05) is 24.3 Å². The van der Waals surface area contributed by atoms with Crippen molar-refractivity contribution < 1.29 is 14.6 Å². The van der Waals surface area contributed by atoms with Crippen LogP contribution in [0.5, 0.6) is 11.5 Å². The number of phenolic OH excluding ortho intramolecular Hbond substituents is 1. The summed E-state index contributed by atoms with van der Waals surface area (Å²) in [5.74, 6) is 0.107. The average Bonchev–Trinajstić information content (AvgIpc) is 2.48. The molecule has 0 aliphatic heterocycles. The Morgan fingerprint density at radius 2 is 2.00 bits per heavy atom. The Labute approximate surface area is 117 Å². The number of carbonyl (C=O) groups is 1. The first kappa shape index (κ1) is 13.7. The largest absolute Gasteiger partial charge is 0.505 e. The number of amides is 1. The van der Waals surface area contributed by atoms with Crippen LogP contribution in [0.2, 0.25) is 0 Å². The number of nitrogens with one attached hydrogen (secondary N) is 1. The molecular weight excluding hydrogens is 256 g/mol. The predicted octanol–water partition coefficient (Wildman–Crippen LogP) is 1.91. The number of phenols is 1. The first-order chi connectivity index (χ1) is 9.63. The van der Waals surface area contributed by atoms with Gasteiger partial charge in [0.2, 0.25) is 0 Å². The van der Waals surface area contributed by atoms with Gasteiger partial charge < -0.3 is 20.9 Å². The lowest BCUT2D eigenvalue weighted by atomic mass is 10.1. The predicted molar refractivity (Wildman–Crippen MR) is 76.7 cm³/mol. The van der Waals surface area contributed by atoms with E-state index in [1.54, 1.807) is 13.2 Å². The summed E-state index contributed by atoms with van der Waals surface area (Å²) in [5, 5.41) is 12.5. The minimum atomic E-state index is -0.388. The summed E-state index contributed by atoms with van der Waals surface area (Å²) < 4.78 is 5.21. The second kappa shape index (κ2) is 5.97. The summed E-state index contributed by atoms with van der Waals surface area (Å²) in [7, 11) is 1.57. The van der Waals surface area contributed by atoms with Crippen LogP contribution in [0.3, 0.4) is 0 Å². The third-order valence-electron chi connectivity index (χ3n) is 2.94. The SMILES string of the molecule is COc1ccccc1CNC(=O)c1cccc(N)c1O. The van der Waals surface area contributed by atoms with Crippen LogP contribution in [0.4, 0.5) is 5.69 Å². The van der Waals surface area contributed by atoms with E-state index in [0.717, 1.165) is 5.56 Å². The summed E-state index contributed by atoms with van der Waals surface area (Å²) in [6.07, 6.45) is 0. The molecule has 0 unspecified atom stereocenters. The third-order valence-corrected chi connectivity index (χ3v) is 2.94. The van der Waals surface area contributed by atoms with Gasteiger partial charge in [-0.25, -0.2) is 0 Å². The van der Waals surface area contributed by atoms with E-state index in [2.05, 4.69) is 5.32 Å². The third kappa shape index (κ3) is 2.83. The maximum absolute atomic E-state index is 12.0. The number of carbonyl (C=O) groups excluding carboxylic acids is 1. The minimum absolute atomic E-state index is 0.153. The summed E-state index contributed by atoms with van der Waals surface area (Å²) in [6, 6.07) is 12.1. The molecule has 0 bridgehead atoms. The van der Waals surface area contributed by atoms with Crippen LogP contribution in [-0.4, -0.2) is 18.1 Å². The van der Waals surface area contributed by atoms with Crippen molar-refractivity contribution >= 4 is 11.6 Å². The van der Waals surface area contributed by atoms with E-state index in [-0.39, 0.29) is 22.9 Å². The van der Waals surface area contributed by atoms with Gasteiger partial charge in [-0.15, -0.1) is 0 Å². The lowest BCUT2D eigenvalue weighted by Gasteiger charge is -2.10. The van der Waals surface area contributed by atoms with Gasteiger partial charge in [-0.2, -0.15) is 0 Å². The molecule has 5 heteroatoms. The highest BCUT2D eigenvalue weighted by molar-refractivity contribution is 5.98. The van der Waals surface area contributed by atoms with E-state index in [0.29, 0.717) is 12.3 Å². The number of ether oxygens (including phenoxy) is 1. The molecule has 1 amide bonds. The first-order valence-corrected chi connectivity index (χ1v) is 6.11. The van der Waals surface area contributed by atoms with Crippen LogP contribution in [0.1, 0.15) is 15.9 Å². The number of hydrogen-bond acceptors (Lipinski definition) is 4. The van der Waals surface area contributed by atoms with Gasteiger partial charge in [0.05, 0.1) is 18.4 Å². The Balaban J connectivity index is 2.11. The molecule has 0 saturated heterocycles. The van der Waals surface area contributed by atoms with Crippen molar-refractivity contribution in [3.8, 4) is 11.5 Å². The van der Waals surface area contributed by atoms with Gasteiger partial charge in [0.25, 0.3) is 5.91 Å². The van der Waals surface area contributed by atoms with Crippen molar-refractivity contribution in [2.45, 2.75) is 6.54 Å². The standard InChI is InChI=1S/C15H16N2O3/c1-20-13-8-3-2-5-10(13)9-17-15(19)11-6-4-7-12(16)14(11)18/h2-8,18H,9,16H2,1H3,(H,17,19). The van der Waals surface area contributed by atoms with Crippen LogP contribution < -0.4 is 15.8 Å². The molecule has 0 fully saturated rings. The van der Waals surface area contributed by atoms with Gasteiger partial charge in [0.15, 0.2) is 5.75 Å². The lowest BCUT2D eigenvalue weighted by molar-refractivity contribution is 0.0948. The average molecular weight is 272 g/mol. The number of hydrogen-bond donors (Lipinski definition) is 3. The second-order valence-electron chi connectivity index (χ2n) is 4.24. The highest BCUT2D eigenvalue weighted by Crippen LogP contribution is 2.24. The highest BCUT2D eigenvalue weighted by Gasteiger charge is 2.13. The smallest absolute Gasteiger partial charge is 0.255 e. The maximum atomic E-state index is 12.0. The number of anilines is 1. The fraction of sp³-hybridized carbons (Fsp3) is 0.133. The van der Waals surface area contributed by atoms with Gasteiger partial charge in [0.1, 0.15) is 5.75 Å². The van der Waals surface area contributed by atoms with E-state index >= 15 is 0 Å². The highest BCUT2D eigenvalue weighted by atomic mass is 16.5. The van der Waals surface area contributed by atoms with Gasteiger partial charge in [-0.1, -0.05) is 24.3 Å². The molecule has 0 heterocycles. The summed E-state index contributed by atoms with van der Waals surface area (Å²) >= 11 is 0. The molecule has 5 nitrogen and oxygen atoms in total. The molecule has 0 spiro atoms. The van der Waals surface area contributed by atoms with E-state index in [1.165, 1.54) is 12.1 Å². The number of nitrogens with two attached hydrogens (primary N) is 1. The van der Waals surface area contributed by atoms with Crippen LogP contribution in [-0.2, 0) is 6.54 Å². The molecule has 0 aliphatic rings. The molecule has 2 aromatic carbocycles. The monoisotopic (exact) mass is 272 g/mol. The fourth-order valence-electron chi connectivity index (χ4n) is 1.86. The number of aromatic hydroxyl groups is 1. The minimum Gasteiger partial charge on any atom is -0.505 e. The van der Waals surface area contributed by atoms with Gasteiger partial charge in [0, 0.05) is 12.1 Å². The molecule has 0 aromatic heterocycles. The summed E-state index contributed by atoms with van der Waals surface area (Å²) in [4.78, 5) is 12.0. The molecule has 104 valence electrons. The molecular formula is C15H16N2O3. The number of benzene rings is 2. The number of para-hydroxylation sites is 2. The van der Waals surface area contributed by atoms with Crippen molar-refractivity contribution in [2.75, 3.05) is 12.8 Å². The zero-order valence-electron chi connectivity index (χ0n) is 11.1. The molecule has 0 aliphatic carbocycles. The van der Waals surface area contributed by atoms with Gasteiger partial charge in [-0.05, 0) is 18.2 Å². The van der Waals surface area contributed by atoms with Crippen LogP contribution in [0, 0.1) is 0 Å². The normalized spacial score (nSPS) is 10.1. The topological polar surface area (TPSA) is 84.6 Å². The second-order valence-corrected chi connectivity index (χ2v) is 4.24. The van der Waals surface area contributed by atoms with E-state index in [4.69, 9.17) is 10.5 Å². The van der Waals surface area contributed by atoms with Crippen LogP contribution >= 0.6 is 0 Å². The summed E-state index contributed by atoms with van der Waals surface area (Å²) in [5.41, 5.74) is 6.74. The fourth-order valence-corrected chi connectivity index (χ4v) is 1.86. The Hall–Kier alpha value is -2.69. The van der Waals surface area contributed by atoms with Crippen molar-refractivity contribution in [2.24, 2.45) is 0 Å². The van der Waals surface area contributed by atoms with Crippen LogP contribution in [0.25, 0.3) is 0 Å². The number of rotatable bonds is 4. The van der Waals surface area contributed by atoms with Crippen LogP contribution in [0.15, 0.2) is 42.5 Å². The summed E-state index contributed by atoms with van der Waals surface area (Å²) in [6.45, 7) is 0.303. The van der Waals surface area contributed by atoms with Crippen molar-refractivity contribution in [3.05, 3.63) is 53.6 Å². The first-order valence-electron chi connectivity index (χ1n) is 6.11.